The third-order valence-electron chi connectivity index (χ3n) is 3.48. The van der Waals surface area contributed by atoms with Crippen molar-refractivity contribution in [2.45, 2.75) is 12.8 Å². The summed E-state index contributed by atoms with van der Waals surface area (Å²) in [6.07, 6.45) is 1.64. The van der Waals surface area contributed by atoms with E-state index in [4.69, 9.17) is 0 Å². The lowest BCUT2D eigenvalue weighted by atomic mass is 10.1. The molecule has 0 aliphatic carbocycles. The number of carbonyl (C=O) groups is 2. The predicted molar refractivity (Wildman–Crippen MR) is 84.7 cm³/mol. The summed E-state index contributed by atoms with van der Waals surface area (Å²) in [5, 5.41) is 10.4. The van der Waals surface area contributed by atoms with Crippen LogP contribution < -0.4 is 5.32 Å². The summed E-state index contributed by atoms with van der Waals surface area (Å²) in [4.78, 5) is 23.9. The first-order chi connectivity index (χ1) is 11.1. The maximum Gasteiger partial charge on any atom is 0.224 e. The van der Waals surface area contributed by atoms with Crippen LogP contribution in [0.3, 0.4) is 0 Å². The van der Waals surface area contributed by atoms with Crippen molar-refractivity contribution < 1.29 is 14.0 Å². The fourth-order valence-electron chi connectivity index (χ4n) is 2.29. The average Bonchev–Trinajstić information content (AvgIpc) is 3.01. The first kappa shape index (κ1) is 14.9. The van der Waals surface area contributed by atoms with Gasteiger partial charge in [0, 0.05) is 23.9 Å². The van der Waals surface area contributed by atoms with E-state index in [2.05, 4.69) is 15.5 Å². The lowest BCUT2D eigenvalue weighted by molar-refractivity contribution is -0.116. The number of aromatic nitrogens is 2. The van der Waals surface area contributed by atoms with Gasteiger partial charge in [-0.15, -0.1) is 0 Å². The third kappa shape index (κ3) is 3.42. The van der Waals surface area contributed by atoms with Gasteiger partial charge < -0.3 is 5.32 Å². The molecule has 0 unspecified atom stereocenters. The van der Waals surface area contributed by atoms with E-state index in [1.807, 2.05) is 6.07 Å². The minimum absolute atomic E-state index is 0.00577. The van der Waals surface area contributed by atoms with Crippen molar-refractivity contribution >= 4 is 28.3 Å². The van der Waals surface area contributed by atoms with E-state index >= 15 is 0 Å². The van der Waals surface area contributed by atoms with Gasteiger partial charge in [0.15, 0.2) is 5.78 Å². The molecule has 0 spiro atoms. The topological polar surface area (TPSA) is 74.8 Å². The van der Waals surface area contributed by atoms with Gasteiger partial charge in [-0.1, -0.05) is 12.1 Å². The molecule has 0 saturated heterocycles. The highest BCUT2D eigenvalue weighted by atomic mass is 19.1. The molecule has 5 nitrogen and oxygen atoms in total. The van der Waals surface area contributed by atoms with Crippen LogP contribution in [0.1, 0.15) is 23.2 Å². The number of anilines is 1. The van der Waals surface area contributed by atoms with Gasteiger partial charge in [0.2, 0.25) is 5.91 Å². The fraction of sp³-hybridized carbons (Fsp3) is 0.118. The van der Waals surface area contributed by atoms with E-state index in [0.717, 1.165) is 10.9 Å². The summed E-state index contributed by atoms with van der Waals surface area (Å²) in [6.45, 7) is 0. The maximum atomic E-state index is 13.5. The first-order valence-electron chi connectivity index (χ1n) is 7.14. The quantitative estimate of drug-likeness (QED) is 0.710. The number of amides is 1. The Kier molecular flexibility index (Phi) is 4.14. The Morgan fingerprint density at radius 1 is 1.13 bits per heavy atom. The van der Waals surface area contributed by atoms with Gasteiger partial charge in [-0.05, 0) is 30.3 Å². The van der Waals surface area contributed by atoms with Gasteiger partial charge >= 0.3 is 0 Å². The SMILES string of the molecule is O=C(CCC(=O)c1ccccc1F)Nc1ccc2cn[nH]c2c1. The van der Waals surface area contributed by atoms with E-state index in [1.165, 1.54) is 18.2 Å². The number of halogens is 1. The van der Waals surface area contributed by atoms with Crippen LogP contribution in [0.5, 0.6) is 0 Å². The molecular weight excluding hydrogens is 297 g/mol. The Morgan fingerprint density at radius 3 is 2.78 bits per heavy atom. The Morgan fingerprint density at radius 2 is 1.96 bits per heavy atom. The molecule has 1 amide bonds. The molecule has 0 aliphatic heterocycles. The smallest absolute Gasteiger partial charge is 0.224 e. The molecule has 23 heavy (non-hydrogen) atoms. The van der Waals surface area contributed by atoms with Crippen LogP contribution in [0.2, 0.25) is 0 Å². The number of nitrogens with one attached hydrogen (secondary N) is 2. The highest BCUT2D eigenvalue weighted by molar-refractivity contribution is 6.00. The standard InChI is InChI=1S/C17H14FN3O2/c18-14-4-2-1-3-13(14)16(22)7-8-17(23)20-12-6-5-11-10-19-21-15(11)9-12/h1-6,9-10H,7-8H2,(H,19,21)(H,20,23). The van der Waals surface area contributed by atoms with Crippen LogP contribution in [-0.2, 0) is 4.79 Å². The second kappa shape index (κ2) is 6.39. The minimum Gasteiger partial charge on any atom is -0.326 e. The van der Waals surface area contributed by atoms with Crippen LogP contribution in [0, 0.1) is 5.82 Å². The lowest BCUT2D eigenvalue weighted by Gasteiger charge is -2.05. The van der Waals surface area contributed by atoms with Crippen LogP contribution in [0.25, 0.3) is 10.9 Å². The Bertz CT molecular complexity index is 873. The number of benzene rings is 2. The molecule has 1 aromatic heterocycles. The Hall–Kier alpha value is -3.02. The summed E-state index contributed by atoms with van der Waals surface area (Å²) >= 11 is 0. The number of hydrogen-bond donors (Lipinski definition) is 2. The molecule has 2 aromatic carbocycles. The molecular formula is C17H14FN3O2. The summed E-state index contributed by atoms with van der Waals surface area (Å²) in [6, 6.07) is 11.1. The van der Waals surface area contributed by atoms with Gasteiger partial charge in [0.25, 0.3) is 0 Å². The van der Waals surface area contributed by atoms with E-state index in [9.17, 15) is 14.0 Å². The molecule has 0 bridgehead atoms. The number of nitrogens with zero attached hydrogens (tertiary/aromatic N) is 1. The fourth-order valence-corrected chi connectivity index (χ4v) is 2.29. The molecule has 3 aromatic rings. The molecule has 6 heteroatoms. The number of fused-ring (bicyclic) bond motifs is 1. The number of aromatic amines is 1. The van der Waals surface area contributed by atoms with Crippen molar-refractivity contribution in [3.8, 4) is 0 Å². The summed E-state index contributed by atoms with van der Waals surface area (Å²) in [5.41, 5.74) is 1.44. The maximum absolute atomic E-state index is 13.5. The van der Waals surface area contributed by atoms with Crippen molar-refractivity contribution in [1.82, 2.24) is 10.2 Å². The number of ketones is 1. The van der Waals surface area contributed by atoms with E-state index in [-0.39, 0.29) is 30.1 Å². The van der Waals surface area contributed by atoms with Crippen molar-refractivity contribution in [2.75, 3.05) is 5.32 Å². The second-order valence-corrected chi connectivity index (χ2v) is 5.12. The van der Waals surface area contributed by atoms with E-state index < -0.39 is 5.82 Å². The van der Waals surface area contributed by atoms with Crippen LogP contribution >= 0.6 is 0 Å². The normalized spacial score (nSPS) is 10.7. The average molecular weight is 311 g/mol. The summed E-state index contributed by atoms with van der Waals surface area (Å²) in [7, 11) is 0. The monoisotopic (exact) mass is 311 g/mol. The highest BCUT2D eigenvalue weighted by Crippen LogP contribution is 2.17. The minimum atomic E-state index is -0.567. The molecule has 1 heterocycles. The van der Waals surface area contributed by atoms with Gasteiger partial charge in [0.1, 0.15) is 5.82 Å². The second-order valence-electron chi connectivity index (χ2n) is 5.12. The van der Waals surface area contributed by atoms with Gasteiger partial charge in [-0.3, -0.25) is 14.7 Å². The first-order valence-corrected chi connectivity index (χ1v) is 7.14. The van der Waals surface area contributed by atoms with Crippen LogP contribution in [0.4, 0.5) is 10.1 Å². The van der Waals surface area contributed by atoms with Gasteiger partial charge in [-0.25, -0.2) is 4.39 Å². The molecule has 0 fully saturated rings. The number of rotatable bonds is 5. The summed E-state index contributed by atoms with van der Waals surface area (Å²) in [5.74, 6) is -1.25. The van der Waals surface area contributed by atoms with Crippen molar-refractivity contribution in [3.63, 3.8) is 0 Å². The largest absolute Gasteiger partial charge is 0.326 e. The molecule has 0 saturated carbocycles. The van der Waals surface area contributed by atoms with Gasteiger partial charge in [0.05, 0.1) is 17.3 Å². The third-order valence-corrected chi connectivity index (χ3v) is 3.48. The molecule has 0 atom stereocenters. The molecule has 0 aliphatic rings. The zero-order valence-electron chi connectivity index (χ0n) is 12.2. The van der Waals surface area contributed by atoms with E-state index in [0.29, 0.717) is 5.69 Å². The summed E-state index contributed by atoms with van der Waals surface area (Å²) < 4.78 is 13.5. The van der Waals surface area contributed by atoms with Gasteiger partial charge in [-0.2, -0.15) is 5.10 Å². The number of H-pyrrole nitrogens is 1. The number of carbonyl (C=O) groups excluding carboxylic acids is 2. The van der Waals surface area contributed by atoms with Crippen molar-refractivity contribution in [1.29, 1.82) is 0 Å². The molecule has 3 rings (SSSR count). The molecule has 0 radical (unpaired) electrons. The highest BCUT2D eigenvalue weighted by Gasteiger charge is 2.13. The Labute approximate surface area is 131 Å². The van der Waals surface area contributed by atoms with Crippen LogP contribution in [-0.4, -0.2) is 21.9 Å². The lowest BCUT2D eigenvalue weighted by Crippen LogP contribution is -2.14. The van der Waals surface area contributed by atoms with Crippen LogP contribution in [0.15, 0.2) is 48.7 Å². The van der Waals surface area contributed by atoms with Crippen molar-refractivity contribution in [2.24, 2.45) is 0 Å². The zero-order chi connectivity index (χ0) is 16.2. The van der Waals surface area contributed by atoms with E-state index in [1.54, 1.807) is 24.4 Å². The molecule has 2 N–H and O–H groups in total. The molecule has 116 valence electrons. The Balaban J connectivity index is 1.59. The number of Topliss-reactive ketones (excluding diaryl/α,β-unsaturated/α-hetero) is 1. The zero-order valence-corrected chi connectivity index (χ0v) is 12.2. The van der Waals surface area contributed by atoms with Crippen molar-refractivity contribution in [3.05, 3.63) is 60.0 Å². The number of hydrogen-bond acceptors (Lipinski definition) is 3. The predicted octanol–water partition coefficient (Wildman–Crippen LogP) is 3.30.